The second-order valence-corrected chi connectivity index (χ2v) is 6.26. The number of nitrogens with one attached hydrogen (secondary N) is 1. The predicted molar refractivity (Wildman–Crippen MR) is 82.3 cm³/mol. The summed E-state index contributed by atoms with van der Waals surface area (Å²) >= 11 is 1.78. The number of halogens is 1. The molecule has 1 nitrogen and oxygen atoms in total. The van der Waals surface area contributed by atoms with Crippen molar-refractivity contribution in [1.29, 1.82) is 0 Å². The zero-order valence-corrected chi connectivity index (χ0v) is 12.7. The van der Waals surface area contributed by atoms with Gasteiger partial charge in [0.15, 0.2) is 0 Å². The van der Waals surface area contributed by atoms with Gasteiger partial charge < -0.3 is 5.32 Å². The van der Waals surface area contributed by atoms with Gasteiger partial charge in [0.05, 0.1) is 0 Å². The van der Waals surface area contributed by atoms with Gasteiger partial charge in [0.2, 0.25) is 0 Å². The van der Waals surface area contributed by atoms with Crippen molar-refractivity contribution >= 4 is 21.4 Å². The molecule has 0 saturated carbocycles. The molecule has 0 fully saturated rings. The van der Waals surface area contributed by atoms with Crippen molar-refractivity contribution in [1.82, 2.24) is 5.32 Å². The van der Waals surface area contributed by atoms with Crippen LogP contribution in [0, 0.1) is 11.7 Å². The fourth-order valence-corrected chi connectivity index (χ4v) is 3.56. The summed E-state index contributed by atoms with van der Waals surface area (Å²) in [6.07, 6.45) is 2.27. The first-order chi connectivity index (χ1) is 9.15. The molecule has 0 aliphatic rings. The molecule has 1 aromatic carbocycles. The lowest BCUT2D eigenvalue weighted by Crippen LogP contribution is -2.26. The Morgan fingerprint density at radius 2 is 2.05 bits per heavy atom. The Hall–Kier alpha value is -0.930. The number of hydrogen-bond donors (Lipinski definition) is 1. The Labute approximate surface area is 118 Å². The van der Waals surface area contributed by atoms with Gasteiger partial charge in [-0.2, -0.15) is 0 Å². The van der Waals surface area contributed by atoms with Crippen LogP contribution in [0.2, 0.25) is 0 Å². The van der Waals surface area contributed by atoms with Gasteiger partial charge in [-0.25, -0.2) is 4.39 Å². The van der Waals surface area contributed by atoms with Crippen LogP contribution in [0.5, 0.6) is 0 Å². The summed E-state index contributed by atoms with van der Waals surface area (Å²) in [6, 6.07) is 7.57. The number of rotatable bonds is 6. The molecule has 104 valence electrons. The molecule has 0 bridgehead atoms. The summed E-state index contributed by atoms with van der Waals surface area (Å²) in [4.78, 5) is 1.32. The largest absolute Gasteiger partial charge is 0.309 e. The topological polar surface area (TPSA) is 12.0 Å². The molecule has 1 aromatic heterocycles. The predicted octanol–water partition coefficient (Wildman–Crippen LogP) is 5.13. The number of benzene rings is 1. The van der Waals surface area contributed by atoms with E-state index in [0.29, 0.717) is 12.0 Å². The molecule has 0 aliphatic heterocycles. The Bertz CT molecular complexity index is 535. The van der Waals surface area contributed by atoms with Crippen molar-refractivity contribution in [2.45, 2.75) is 39.7 Å². The normalized spacial score (nSPS) is 14.7. The van der Waals surface area contributed by atoms with Crippen LogP contribution in [0.25, 0.3) is 10.1 Å². The summed E-state index contributed by atoms with van der Waals surface area (Å²) in [5, 5.41) is 4.65. The van der Waals surface area contributed by atoms with Crippen LogP contribution in [-0.2, 0) is 0 Å². The van der Waals surface area contributed by atoms with Gasteiger partial charge >= 0.3 is 0 Å². The first kappa shape index (κ1) is 14.5. The Kier molecular flexibility index (Phi) is 4.94. The highest BCUT2D eigenvalue weighted by Gasteiger charge is 2.19. The second kappa shape index (κ2) is 6.49. The minimum atomic E-state index is -0.154. The van der Waals surface area contributed by atoms with E-state index in [1.54, 1.807) is 23.5 Å². The SMILES string of the molecule is CCCNC(c1cc2cc(F)ccc2s1)C(C)CC. The molecule has 0 amide bonds. The highest BCUT2D eigenvalue weighted by atomic mass is 32.1. The molecule has 2 atom stereocenters. The van der Waals surface area contributed by atoms with E-state index >= 15 is 0 Å². The molecule has 19 heavy (non-hydrogen) atoms. The maximum atomic E-state index is 13.3. The molecule has 3 heteroatoms. The standard InChI is InChI=1S/C16H22FNS/c1-4-8-18-16(11(3)5-2)15-10-12-9-13(17)6-7-14(12)19-15/h6-7,9-11,16,18H,4-5,8H2,1-3H3. The van der Waals surface area contributed by atoms with Crippen LogP contribution in [-0.4, -0.2) is 6.54 Å². The third-order valence-corrected chi connectivity index (χ3v) is 4.83. The van der Waals surface area contributed by atoms with Crippen molar-refractivity contribution in [2.75, 3.05) is 6.54 Å². The van der Waals surface area contributed by atoms with Crippen LogP contribution in [0.3, 0.4) is 0 Å². The van der Waals surface area contributed by atoms with Crippen LogP contribution in [0.1, 0.15) is 44.5 Å². The lowest BCUT2D eigenvalue weighted by molar-refractivity contribution is 0.382. The Balaban J connectivity index is 2.32. The first-order valence-corrected chi connectivity index (χ1v) is 7.89. The van der Waals surface area contributed by atoms with Crippen molar-refractivity contribution in [3.05, 3.63) is 35.0 Å². The first-order valence-electron chi connectivity index (χ1n) is 7.08. The summed E-state index contributed by atoms with van der Waals surface area (Å²) in [7, 11) is 0. The fourth-order valence-electron chi connectivity index (χ4n) is 2.31. The van der Waals surface area contributed by atoms with Gasteiger partial charge in [0.1, 0.15) is 5.82 Å². The Morgan fingerprint density at radius 1 is 1.26 bits per heavy atom. The molecule has 0 aliphatic carbocycles. The molecule has 0 radical (unpaired) electrons. The quantitative estimate of drug-likeness (QED) is 0.773. The van der Waals surface area contributed by atoms with Crippen LogP contribution in [0.4, 0.5) is 4.39 Å². The summed E-state index contributed by atoms with van der Waals surface area (Å²) in [5.74, 6) is 0.433. The summed E-state index contributed by atoms with van der Waals surface area (Å²) in [5.41, 5.74) is 0. The maximum Gasteiger partial charge on any atom is 0.123 e. The van der Waals surface area contributed by atoms with Gasteiger partial charge in [-0.05, 0) is 48.5 Å². The molecule has 1 heterocycles. The highest BCUT2D eigenvalue weighted by Crippen LogP contribution is 2.34. The molecule has 1 N–H and O–H groups in total. The van der Waals surface area contributed by atoms with Gasteiger partial charge in [-0.15, -0.1) is 11.3 Å². The minimum absolute atomic E-state index is 0.154. The monoisotopic (exact) mass is 279 g/mol. The smallest absolute Gasteiger partial charge is 0.123 e. The van der Waals surface area contributed by atoms with E-state index < -0.39 is 0 Å². The van der Waals surface area contributed by atoms with Crippen molar-refractivity contribution < 1.29 is 4.39 Å². The van der Waals surface area contributed by atoms with E-state index in [1.165, 1.54) is 9.58 Å². The minimum Gasteiger partial charge on any atom is -0.309 e. The van der Waals surface area contributed by atoms with Gasteiger partial charge in [-0.3, -0.25) is 0 Å². The van der Waals surface area contributed by atoms with Crippen LogP contribution in [0.15, 0.2) is 24.3 Å². The van der Waals surface area contributed by atoms with E-state index in [4.69, 9.17) is 0 Å². The van der Waals surface area contributed by atoms with E-state index in [0.717, 1.165) is 24.8 Å². The van der Waals surface area contributed by atoms with Gasteiger partial charge in [0.25, 0.3) is 0 Å². The second-order valence-electron chi connectivity index (χ2n) is 5.15. The van der Waals surface area contributed by atoms with E-state index in [-0.39, 0.29) is 5.82 Å². The van der Waals surface area contributed by atoms with Gasteiger partial charge in [0, 0.05) is 15.6 Å². The fraction of sp³-hybridized carbons (Fsp3) is 0.500. The zero-order chi connectivity index (χ0) is 13.8. The van der Waals surface area contributed by atoms with E-state index in [2.05, 4.69) is 32.2 Å². The molecule has 0 spiro atoms. The number of thiophene rings is 1. The van der Waals surface area contributed by atoms with Crippen molar-refractivity contribution in [3.63, 3.8) is 0 Å². The lowest BCUT2D eigenvalue weighted by atomic mass is 9.97. The molecular formula is C16H22FNS. The average Bonchev–Trinajstić information content (AvgIpc) is 2.81. The molecule has 2 aromatic rings. The average molecular weight is 279 g/mol. The molecule has 2 unspecified atom stereocenters. The van der Waals surface area contributed by atoms with Crippen molar-refractivity contribution in [3.8, 4) is 0 Å². The molecule has 0 saturated heterocycles. The summed E-state index contributed by atoms with van der Waals surface area (Å²) < 4.78 is 14.4. The van der Waals surface area contributed by atoms with Crippen molar-refractivity contribution in [2.24, 2.45) is 5.92 Å². The number of hydrogen-bond acceptors (Lipinski definition) is 2. The van der Waals surface area contributed by atoms with Crippen LogP contribution < -0.4 is 5.32 Å². The summed E-state index contributed by atoms with van der Waals surface area (Å²) in [6.45, 7) is 7.70. The van der Waals surface area contributed by atoms with E-state index in [9.17, 15) is 4.39 Å². The maximum absolute atomic E-state index is 13.3. The lowest BCUT2D eigenvalue weighted by Gasteiger charge is -2.23. The van der Waals surface area contributed by atoms with Gasteiger partial charge in [-0.1, -0.05) is 27.2 Å². The third kappa shape index (κ3) is 3.34. The highest BCUT2D eigenvalue weighted by molar-refractivity contribution is 7.19. The van der Waals surface area contributed by atoms with E-state index in [1.807, 2.05) is 6.07 Å². The zero-order valence-electron chi connectivity index (χ0n) is 11.9. The molecular weight excluding hydrogens is 257 g/mol. The Morgan fingerprint density at radius 3 is 2.74 bits per heavy atom. The van der Waals surface area contributed by atoms with Crippen LogP contribution >= 0.6 is 11.3 Å². The molecule has 2 rings (SSSR count). The number of fused-ring (bicyclic) bond motifs is 1. The third-order valence-electron chi connectivity index (χ3n) is 3.63.